The number of carbonyl (C=O) groups is 1. The summed E-state index contributed by atoms with van der Waals surface area (Å²) in [5.74, 6) is 0.368. The summed E-state index contributed by atoms with van der Waals surface area (Å²) in [7, 11) is 2.10. The molecule has 1 N–H and O–H groups in total. The Bertz CT molecular complexity index is 732. The molecule has 0 spiro atoms. The van der Waals surface area contributed by atoms with E-state index in [-0.39, 0.29) is 29.5 Å². The van der Waals surface area contributed by atoms with Crippen LogP contribution in [0.3, 0.4) is 0 Å². The maximum Gasteiger partial charge on any atom is 0.416 e. The molecule has 29 heavy (non-hydrogen) atoms. The molecular formula is C21H28F3N3O2. The van der Waals surface area contributed by atoms with Crippen LogP contribution >= 0.6 is 0 Å². The summed E-state index contributed by atoms with van der Waals surface area (Å²) in [5.41, 5.74) is -0.463. The van der Waals surface area contributed by atoms with E-state index >= 15 is 0 Å². The number of aliphatic hydroxyl groups is 1. The zero-order valence-electron chi connectivity index (χ0n) is 16.6. The average Bonchev–Trinajstić information content (AvgIpc) is 3.09. The predicted octanol–water partition coefficient (Wildman–Crippen LogP) is 2.16. The highest BCUT2D eigenvalue weighted by Crippen LogP contribution is 2.39. The number of benzene rings is 1. The first-order valence-corrected chi connectivity index (χ1v) is 10.3. The molecule has 0 unspecified atom stereocenters. The SMILES string of the molecule is CN1CCN([C@@H]2C[C@@H]3CN(C(=O)c4ccc(C(F)(F)F)cc4)C[C@@H]3C[C@H]2O)CC1. The lowest BCUT2D eigenvalue weighted by Crippen LogP contribution is -2.55. The van der Waals surface area contributed by atoms with Crippen LogP contribution in [0.15, 0.2) is 24.3 Å². The van der Waals surface area contributed by atoms with Gasteiger partial charge in [0.1, 0.15) is 0 Å². The molecule has 2 aliphatic heterocycles. The van der Waals surface area contributed by atoms with Crippen molar-refractivity contribution in [1.29, 1.82) is 0 Å². The van der Waals surface area contributed by atoms with Crippen LogP contribution in [0.5, 0.6) is 0 Å². The van der Waals surface area contributed by atoms with Crippen molar-refractivity contribution in [2.24, 2.45) is 11.8 Å². The van der Waals surface area contributed by atoms with Gasteiger partial charge in [-0.25, -0.2) is 0 Å². The second-order valence-corrected chi connectivity index (χ2v) is 8.75. The van der Waals surface area contributed by atoms with Gasteiger partial charge in [-0.05, 0) is 56.0 Å². The molecule has 2 heterocycles. The predicted molar refractivity (Wildman–Crippen MR) is 102 cm³/mol. The molecule has 5 nitrogen and oxygen atoms in total. The Morgan fingerprint density at radius 2 is 1.59 bits per heavy atom. The van der Waals surface area contributed by atoms with Crippen molar-refractivity contribution in [2.45, 2.75) is 31.2 Å². The zero-order valence-corrected chi connectivity index (χ0v) is 16.6. The molecule has 2 saturated heterocycles. The fourth-order valence-corrected chi connectivity index (χ4v) is 5.10. The minimum Gasteiger partial charge on any atom is -0.391 e. The molecule has 1 aliphatic carbocycles. The van der Waals surface area contributed by atoms with Crippen molar-refractivity contribution in [3.8, 4) is 0 Å². The Morgan fingerprint density at radius 3 is 2.17 bits per heavy atom. The number of hydrogen-bond acceptors (Lipinski definition) is 4. The van der Waals surface area contributed by atoms with E-state index in [1.807, 2.05) is 0 Å². The maximum absolute atomic E-state index is 12.8. The number of likely N-dealkylation sites (N-methyl/N-ethyl adjacent to an activating group) is 1. The van der Waals surface area contributed by atoms with Crippen molar-refractivity contribution in [2.75, 3.05) is 46.3 Å². The molecule has 0 bridgehead atoms. The number of fused-ring (bicyclic) bond motifs is 1. The fraction of sp³-hybridized carbons (Fsp3) is 0.667. The lowest BCUT2D eigenvalue weighted by atomic mass is 9.77. The van der Waals surface area contributed by atoms with Crippen LogP contribution < -0.4 is 0 Å². The average molecular weight is 411 g/mol. The Balaban J connectivity index is 1.40. The number of carbonyl (C=O) groups excluding carboxylic acids is 1. The minimum absolute atomic E-state index is 0.131. The van der Waals surface area contributed by atoms with E-state index in [0.717, 1.165) is 44.7 Å². The first-order valence-electron chi connectivity index (χ1n) is 10.3. The third-order valence-corrected chi connectivity index (χ3v) is 6.86. The highest BCUT2D eigenvalue weighted by molar-refractivity contribution is 5.94. The summed E-state index contributed by atoms with van der Waals surface area (Å²) in [5, 5.41) is 10.7. The Labute approximate surface area is 169 Å². The van der Waals surface area contributed by atoms with Gasteiger partial charge >= 0.3 is 6.18 Å². The molecule has 3 aliphatic rings. The third-order valence-electron chi connectivity index (χ3n) is 6.86. The van der Waals surface area contributed by atoms with Crippen LogP contribution in [0, 0.1) is 11.8 Å². The molecule has 4 atom stereocenters. The third kappa shape index (κ3) is 4.29. The summed E-state index contributed by atoms with van der Waals surface area (Å²) >= 11 is 0. The summed E-state index contributed by atoms with van der Waals surface area (Å²) in [4.78, 5) is 19.2. The van der Waals surface area contributed by atoms with Crippen LogP contribution in [-0.2, 0) is 6.18 Å². The van der Waals surface area contributed by atoms with Crippen molar-refractivity contribution in [3.63, 3.8) is 0 Å². The van der Waals surface area contributed by atoms with Gasteiger partial charge in [-0.15, -0.1) is 0 Å². The van der Waals surface area contributed by atoms with Crippen LogP contribution in [-0.4, -0.2) is 84.2 Å². The normalized spacial score (nSPS) is 31.7. The van der Waals surface area contributed by atoms with Crippen molar-refractivity contribution >= 4 is 5.91 Å². The van der Waals surface area contributed by atoms with Crippen molar-refractivity contribution in [1.82, 2.24) is 14.7 Å². The minimum atomic E-state index is -4.40. The molecule has 0 radical (unpaired) electrons. The first kappa shape index (κ1) is 20.6. The molecule has 1 amide bonds. The molecule has 1 aromatic carbocycles. The number of rotatable bonds is 2. The van der Waals surface area contributed by atoms with Crippen molar-refractivity contribution in [3.05, 3.63) is 35.4 Å². The van der Waals surface area contributed by atoms with E-state index in [2.05, 4.69) is 16.8 Å². The largest absolute Gasteiger partial charge is 0.416 e. The molecule has 4 rings (SSSR count). The van der Waals surface area contributed by atoms with E-state index in [1.165, 1.54) is 12.1 Å². The lowest BCUT2D eigenvalue weighted by Gasteiger charge is -2.44. The molecular weight excluding hydrogens is 383 g/mol. The number of alkyl halides is 3. The molecule has 0 aromatic heterocycles. The molecule has 3 fully saturated rings. The molecule has 1 aromatic rings. The monoisotopic (exact) mass is 411 g/mol. The van der Waals surface area contributed by atoms with Gasteiger partial charge in [0.2, 0.25) is 0 Å². The Hall–Kier alpha value is -1.64. The number of hydrogen-bond donors (Lipinski definition) is 1. The van der Waals surface area contributed by atoms with Gasteiger partial charge in [0, 0.05) is 50.9 Å². The van der Waals surface area contributed by atoms with E-state index in [0.29, 0.717) is 25.4 Å². The fourth-order valence-electron chi connectivity index (χ4n) is 5.10. The maximum atomic E-state index is 12.8. The number of amides is 1. The summed E-state index contributed by atoms with van der Waals surface area (Å²) < 4.78 is 38.2. The molecule has 1 saturated carbocycles. The molecule has 160 valence electrons. The van der Waals surface area contributed by atoms with Gasteiger partial charge in [-0.2, -0.15) is 13.2 Å². The van der Waals surface area contributed by atoms with Crippen LogP contribution in [0.1, 0.15) is 28.8 Å². The van der Waals surface area contributed by atoms with Crippen molar-refractivity contribution < 1.29 is 23.1 Å². The summed E-state index contributed by atoms with van der Waals surface area (Å²) in [6.07, 6.45) is -3.25. The second kappa shape index (κ2) is 7.89. The van der Waals surface area contributed by atoms with E-state index in [1.54, 1.807) is 4.90 Å². The first-order chi connectivity index (χ1) is 13.7. The van der Waals surface area contributed by atoms with Gasteiger partial charge in [0.15, 0.2) is 0 Å². The van der Waals surface area contributed by atoms with Crippen LogP contribution in [0.4, 0.5) is 13.2 Å². The smallest absolute Gasteiger partial charge is 0.391 e. The number of likely N-dealkylation sites (tertiary alicyclic amines) is 1. The highest BCUT2D eigenvalue weighted by atomic mass is 19.4. The van der Waals surface area contributed by atoms with Gasteiger partial charge in [-0.3, -0.25) is 9.69 Å². The highest BCUT2D eigenvalue weighted by Gasteiger charge is 2.45. The zero-order chi connectivity index (χ0) is 20.8. The van der Waals surface area contributed by atoms with Gasteiger partial charge in [0.05, 0.1) is 11.7 Å². The second-order valence-electron chi connectivity index (χ2n) is 8.75. The van der Waals surface area contributed by atoms with Crippen LogP contribution in [0.2, 0.25) is 0 Å². The number of nitrogens with zero attached hydrogens (tertiary/aromatic N) is 3. The molecule has 8 heteroatoms. The summed E-state index contributed by atoms with van der Waals surface area (Å²) in [6.45, 7) is 5.07. The van der Waals surface area contributed by atoms with Crippen LogP contribution in [0.25, 0.3) is 0 Å². The van der Waals surface area contributed by atoms with Gasteiger partial charge in [-0.1, -0.05) is 0 Å². The summed E-state index contributed by atoms with van der Waals surface area (Å²) in [6, 6.07) is 4.57. The number of piperazine rings is 1. The Morgan fingerprint density at radius 1 is 1.00 bits per heavy atom. The van der Waals surface area contributed by atoms with E-state index < -0.39 is 11.7 Å². The van der Waals surface area contributed by atoms with Gasteiger partial charge in [0.25, 0.3) is 5.91 Å². The van der Waals surface area contributed by atoms with E-state index in [9.17, 15) is 23.1 Å². The quantitative estimate of drug-likeness (QED) is 0.810. The van der Waals surface area contributed by atoms with Gasteiger partial charge < -0.3 is 14.9 Å². The standard InChI is InChI=1S/C21H28F3N3O2/c1-25-6-8-26(9-7-25)18-10-15-12-27(13-16(15)11-19(18)28)20(29)14-2-4-17(5-3-14)21(22,23)24/h2-5,15-16,18-19,28H,6-13H2,1H3/t15-,16+,18-,19-/m1/s1. The number of halogens is 3. The van der Waals surface area contributed by atoms with E-state index in [4.69, 9.17) is 0 Å². The lowest BCUT2D eigenvalue weighted by molar-refractivity contribution is -0.137. The number of aliphatic hydroxyl groups excluding tert-OH is 1. The Kier molecular flexibility index (Phi) is 5.61. The topological polar surface area (TPSA) is 47.0 Å².